The zero-order chi connectivity index (χ0) is 11.3. The number of nitro groups is 2. The molecule has 0 bridgehead atoms. The van der Waals surface area contributed by atoms with E-state index < -0.39 is 9.85 Å². The van der Waals surface area contributed by atoms with Crippen molar-refractivity contribution < 1.29 is 9.85 Å². The molecule has 0 aliphatic heterocycles. The molecular formula is C8H6N3O4. The maximum Gasteiger partial charge on any atom is 0.271 e. The number of non-ortho nitro benzene ring substituents is 1. The standard InChI is InChI=1S/C8H6N3O4/c12-10(13)5-4-9-7-2-1-3-8(6-7)11(14)15/h1-3,5-6,9H. The van der Waals surface area contributed by atoms with E-state index in [9.17, 15) is 20.2 Å². The van der Waals surface area contributed by atoms with Crippen molar-refractivity contribution >= 4 is 11.4 Å². The predicted octanol–water partition coefficient (Wildman–Crippen LogP) is 1.56. The number of hydrogen-bond donors (Lipinski definition) is 1. The van der Waals surface area contributed by atoms with Crippen molar-refractivity contribution in [1.29, 1.82) is 0 Å². The molecular weight excluding hydrogens is 202 g/mol. The lowest BCUT2D eigenvalue weighted by Gasteiger charge is -1.97. The van der Waals surface area contributed by atoms with Crippen LogP contribution in [0.3, 0.4) is 0 Å². The van der Waals surface area contributed by atoms with Gasteiger partial charge in [0.15, 0.2) is 0 Å². The molecule has 1 N–H and O–H groups in total. The smallest absolute Gasteiger partial charge is 0.271 e. The quantitative estimate of drug-likeness (QED) is 0.459. The summed E-state index contributed by atoms with van der Waals surface area (Å²) in [6.45, 7) is 0. The molecule has 0 amide bonds. The second-order valence-corrected chi connectivity index (χ2v) is 2.49. The SMILES string of the molecule is O=[N+]([O-])/C=[C]/Nc1cccc([N+](=O)[O-])c1. The van der Waals surface area contributed by atoms with Crippen LogP contribution in [0.4, 0.5) is 11.4 Å². The largest absolute Gasteiger partial charge is 0.348 e. The molecule has 1 aromatic carbocycles. The van der Waals surface area contributed by atoms with Gasteiger partial charge in [0, 0.05) is 17.8 Å². The van der Waals surface area contributed by atoms with Crippen molar-refractivity contribution in [2.45, 2.75) is 0 Å². The first-order chi connectivity index (χ1) is 7.09. The number of rotatable bonds is 4. The molecule has 0 fully saturated rings. The molecule has 0 heterocycles. The zero-order valence-electron chi connectivity index (χ0n) is 7.41. The van der Waals surface area contributed by atoms with Crippen molar-refractivity contribution in [1.82, 2.24) is 0 Å². The highest BCUT2D eigenvalue weighted by molar-refractivity contribution is 5.51. The van der Waals surface area contributed by atoms with E-state index in [-0.39, 0.29) is 5.69 Å². The minimum atomic E-state index is -0.690. The van der Waals surface area contributed by atoms with Crippen LogP contribution >= 0.6 is 0 Å². The summed E-state index contributed by atoms with van der Waals surface area (Å²) in [4.78, 5) is 19.0. The van der Waals surface area contributed by atoms with E-state index in [2.05, 4.69) is 11.5 Å². The molecule has 0 aromatic heterocycles. The summed E-state index contributed by atoms with van der Waals surface area (Å²) in [5.74, 6) is 0. The highest BCUT2D eigenvalue weighted by atomic mass is 16.6. The van der Waals surface area contributed by atoms with Crippen molar-refractivity contribution in [3.05, 3.63) is 56.9 Å². The van der Waals surface area contributed by atoms with E-state index in [4.69, 9.17) is 0 Å². The van der Waals surface area contributed by atoms with Gasteiger partial charge in [-0.2, -0.15) is 0 Å². The van der Waals surface area contributed by atoms with Crippen LogP contribution in [0.15, 0.2) is 30.5 Å². The van der Waals surface area contributed by atoms with Gasteiger partial charge in [0.1, 0.15) is 6.20 Å². The fourth-order valence-corrected chi connectivity index (χ4v) is 0.866. The van der Waals surface area contributed by atoms with Crippen LogP contribution in [-0.2, 0) is 0 Å². The Morgan fingerprint density at radius 2 is 2.07 bits per heavy atom. The van der Waals surface area contributed by atoms with Crippen molar-refractivity contribution in [3.63, 3.8) is 0 Å². The molecule has 0 spiro atoms. The van der Waals surface area contributed by atoms with Crippen molar-refractivity contribution in [2.75, 3.05) is 5.32 Å². The lowest BCUT2D eigenvalue weighted by atomic mass is 10.3. The average molecular weight is 208 g/mol. The van der Waals surface area contributed by atoms with Gasteiger partial charge in [0.05, 0.1) is 9.85 Å². The second kappa shape index (κ2) is 4.70. The molecule has 1 rings (SSSR count). The Hall–Kier alpha value is -2.44. The molecule has 7 heteroatoms. The van der Waals surface area contributed by atoms with Gasteiger partial charge in [-0.15, -0.1) is 0 Å². The van der Waals surface area contributed by atoms with Crippen LogP contribution in [0.1, 0.15) is 0 Å². The van der Waals surface area contributed by atoms with E-state index >= 15 is 0 Å². The molecule has 0 unspecified atom stereocenters. The van der Waals surface area contributed by atoms with Gasteiger partial charge in [0.25, 0.3) is 11.9 Å². The molecule has 0 atom stereocenters. The molecule has 0 aliphatic carbocycles. The third kappa shape index (κ3) is 3.43. The van der Waals surface area contributed by atoms with E-state index in [1.807, 2.05) is 0 Å². The Bertz CT molecular complexity index is 416. The van der Waals surface area contributed by atoms with Gasteiger partial charge in [-0.1, -0.05) is 6.07 Å². The topological polar surface area (TPSA) is 98.3 Å². The Morgan fingerprint density at radius 1 is 1.33 bits per heavy atom. The number of nitro benzene ring substituents is 1. The van der Waals surface area contributed by atoms with Gasteiger partial charge in [-0.05, 0) is 6.07 Å². The van der Waals surface area contributed by atoms with E-state index in [1.54, 1.807) is 0 Å². The Balaban J connectivity index is 2.74. The highest BCUT2D eigenvalue weighted by Gasteiger charge is 2.04. The minimum absolute atomic E-state index is 0.0945. The number of anilines is 1. The zero-order valence-corrected chi connectivity index (χ0v) is 7.41. The number of benzene rings is 1. The minimum Gasteiger partial charge on any atom is -0.348 e. The molecule has 1 aromatic rings. The Morgan fingerprint density at radius 3 is 2.67 bits per heavy atom. The van der Waals surface area contributed by atoms with Crippen LogP contribution in [0.25, 0.3) is 0 Å². The summed E-state index contributed by atoms with van der Waals surface area (Å²) < 4.78 is 0. The second-order valence-electron chi connectivity index (χ2n) is 2.49. The van der Waals surface area contributed by atoms with E-state index in [0.29, 0.717) is 11.9 Å². The summed E-state index contributed by atoms with van der Waals surface area (Å²) in [7, 11) is 0. The van der Waals surface area contributed by atoms with Crippen LogP contribution in [0.5, 0.6) is 0 Å². The van der Waals surface area contributed by atoms with Gasteiger partial charge in [-0.25, -0.2) is 0 Å². The van der Waals surface area contributed by atoms with Crippen molar-refractivity contribution in [3.8, 4) is 0 Å². The molecule has 1 radical (unpaired) electrons. The summed E-state index contributed by atoms with van der Waals surface area (Å²) in [6.07, 6.45) is 2.75. The van der Waals surface area contributed by atoms with Gasteiger partial charge in [-0.3, -0.25) is 20.2 Å². The first-order valence-corrected chi connectivity index (χ1v) is 3.82. The summed E-state index contributed by atoms with van der Waals surface area (Å²) in [6, 6.07) is 5.57. The number of nitrogens with zero attached hydrogens (tertiary/aromatic N) is 2. The molecule has 77 valence electrons. The van der Waals surface area contributed by atoms with Crippen LogP contribution < -0.4 is 5.32 Å². The summed E-state index contributed by atoms with van der Waals surface area (Å²) >= 11 is 0. The molecule has 0 saturated carbocycles. The molecule has 0 aliphatic rings. The summed E-state index contributed by atoms with van der Waals surface area (Å²) in [5.41, 5.74) is 0.269. The lowest BCUT2D eigenvalue weighted by molar-refractivity contribution is -0.403. The monoisotopic (exact) mass is 208 g/mol. The maximum absolute atomic E-state index is 10.4. The summed E-state index contributed by atoms with van der Waals surface area (Å²) in [5, 5.41) is 22.7. The van der Waals surface area contributed by atoms with Gasteiger partial charge >= 0.3 is 0 Å². The van der Waals surface area contributed by atoms with Crippen LogP contribution in [-0.4, -0.2) is 9.85 Å². The number of nitrogens with one attached hydrogen (secondary N) is 1. The normalized spacial score (nSPS) is 10.1. The van der Waals surface area contributed by atoms with Gasteiger partial charge < -0.3 is 5.32 Å². The van der Waals surface area contributed by atoms with Crippen LogP contribution in [0.2, 0.25) is 0 Å². The first-order valence-electron chi connectivity index (χ1n) is 3.82. The average Bonchev–Trinajstić information content (AvgIpc) is 2.17. The highest BCUT2D eigenvalue weighted by Crippen LogP contribution is 2.16. The van der Waals surface area contributed by atoms with E-state index in [0.717, 1.165) is 0 Å². The molecule has 15 heavy (non-hydrogen) atoms. The maximum atomic E-state index is 10.4. The Kier molecular flexibility index (Phi) is 3.33. The number of hydrogen-bond acceptors (Lipinski definition) is 5. The third-order valence-electron chi connectivity index (χ3n) is 1.44. The molecule has 7 nitrogen and oxygen atoms in total. The Labute approximate surface area is 84.3 Å². The first kappa shape index (κ1) is 10.6. The van der Waals surface area contributed by atoms with E-state index in [1.165, 1.54) is 24.3 Å². The molecule has 0 saturated heterocycles. The predicted molar refractivity (Wildman–Crippen MR) is 51.5 cm³/mol. The van der Waals surface area contributed by atoms with Crippen LogP contribution in [0, 0.1) is 26.4 Å². The van der Waals surface area contributed by atoms with Crippen molar-refractivity contribution in [2.24, 2.45) is 0 Å². The third-order valence-corrected chi connectivity index (χ3v) is 1.44. The van der Waals surface area contributed by atoms with Gasteiger partial charge in [0.2, 0.25) is 0 Å². The fourth-order valence-electron chi connectivity index (χ4n) is 0.866. The fraction of sp³-hybridized carbons (Fsp3) is 0. The lowest BCUT2D eigenvalue weighted by Crippen LogP contribution is -1.93.